The van der Waals surface area contributed by atoms with Crippen LogP contribution in [-0.4, -0.2) is 49.8 Å². The van der Waals surface area contributed by atoms with Gasteiger partial charge in [-0.1, -0.05) is 19.9 Å². The Balaban J connectivity index is 2.23. The van der Waals surface area contributed by atoms with E-state index in [1.165, 1.54) is 0 Å². The molecule has 148 valence electrons. The van der Waals surface area contributed by atoms with E-state index in [-0.39, 0.29) is 0 Å². The molecule has 6 nitrogen and oxygen atoms in total. The van der Waals surface area contributed by atoms with Crippen molar-refractivity contribution in [2.24, 2.45) is 10.9 Å². The molecule has 0 aliphatic carbocycles. The van der Waals surface area contributed by atoms with Crippen LogP contribution in [-0.2, 0) is 4.74 Å². The number of anilines is 1. The largest absolute Gasteiger partial charge is 0.378 e. The summed E-state index contributed by atoms with van der Waals surface area (Å²) in [5.74, 6) is 2.35. The Morgan fingerprint density at radius 3 is 2.65 bits per heavy atom. The molecule has 0 spiro atoms. The first-order chi connectivity index (χ1) is 12.7. The molecule has 3 N–H and O–H groups in total. The van der Waals surface area contributed by atoms with Gasteiger partial charge in [0.2, 0.25) is 0 Å². The summed E-state index contributed by atoms with van der Waals surface area (Å²) in [5.41, 5.74) is 0. The molecule has 0 fully saturated rings. The van der Waals surface area contributed by atoms with Gasteiger partial charge in [-0.3, -0.25) is 4.99 Å². The smallest absolute Gasteiger partial charge is 0.191 e. The summed E-state index contributed by atoms with van der Waals surface area (Å²) in [7, 11) is 0. The lowest BCUT2D eigenvalue weighted by atomic mass is 10.0. The van der Waals surface area contributed by atoms with E-state index in [1.54, 1.807) is 6.20 Å². The van der Waals surface area contributed by atoms with Crippen LogP contribution in [0.5, 0.6) is 0 Å². The molecule has 1 heterocycles. The average molecular weight is 364 g/mol. The molecule has 0 amide bonds. The fraction of sp³-hybridized carbons (Fsp3) is 0.700. The Bertz CT molecular complexity index is 478. The van der Waals surface area contributed by atoms with Gasteiger partial charge in [-0.2, -0.15) is 0 Å². The number of guanidine groups is 1. The molecule has 1 rings (SSSR count). The molecule has 0 aromatic carbocycles. The van der Waals surface area contributed by atoms with E-state index in [9.17, 15) is 0 Å². The summed E-state index contributed by atoms with van der Waals surface area (Å²) in [4.78, 5) is 8.91. The van der Waals surface area contributed by atoms with Crippen LogP contribution in [0, 0.1) is 5.92 Å². The highest BCUT2D eigenvalue weighted by molar-refractivity contribution is 5.79. The first-order valence-electron chi connectivity index (χ1n) is 9.96. The van der Waals surface area contributed by atoms with Crippen LogP contribution >= 0.6 is 0 Å². The molecule has 0 saturated heterocycles. The zero-order valence-electron chi connectivity index (χ0n) is 16.9. The average Bonchev–Trinajstić information content (AvgIpc) is 2.64. The van der Waals surface area contributed by atoms with E-state index in [1.807, 2.05) is 18.2 Å². The van der Waals surface area contributed by atoms with E-state index in [0.29, 0.717) is 12.0 Å². The molecular formula is C20H37N5O. The molecule has 0 bridgehead atoms. The maximum Gasteiger partial charge on any atom is 0.191 e. The molecule has 0 aliphatic rings. The third-order valence-corrected chi connectivity index (χ3v) is 4.02. The minimum absolute atomic E-state index is 0.299. The highest BCUT2D eigenvalue weighted by Crippen LogP contribution is 2.09. The van der Waals surface area contributed by atoms with Crippen LogP contribution in [0.25, 0.3) is 0 Å². The second-order valence-electron chi connectivity index (χ2n) is 6.56. The maximum atomic E-state index is 5.79. The van der Waals surface area contributed by atoms with E-state index in [0.717, 1.165) is 63.8 Å². The minimum atomic E-state index is 0.299. The topological polar surface area (TPSA) is 70.6 Å². The number of aliphatic imine (C=N–C) groups is 1. The Morgan fingerprint density at radius 2 is 2.00 bits per heavy atom. The number of unbranched alkanes of at least 4 members (excludes halogenated alkanes) is 1. The van der Waals surface area contributed by atoms with Crippen molar-refractivity contribution in [2.75, 3.05) is 38.1 Å². The summed E-state index contributed by atoms with van der Waals surface area (Å²) in [5, 5.41) is 10.0. The second-order valence-corrected chi connectivity index (χ2v) is 6.56. The van der Waals surface area contributed by atoms with Gasteiger partial charge < -0.3 is 20.7 Å². The van der Waals surface area contributed by atoms with Crippen LogP contribution < -0.4 is 16.0 Å². The van der Waals surface area contributed by atoms with E-state index < -0.39 is 0 Å². The molecule has 0 aliphatic heterocycles. The molecule has 6 heteroatoms. The zero-order valence-corrected chi connectivity index (χ0v) is 16.9. The standard InChI is InChI=1S/C20H37N5O/c1-5-21-20(25-16-12-18(17(3)4)26-6-2)24-15-10-9-14-23-19-11-7-8-13-22-19/h7-8,11,13,17-18H,5-6,9-10,12,14-16H2,1-4H3,(H,22,23)(H2,21,24,25). The van der Waals surface area contributed by atoms with E-state index >= 15 is 0 Å². The Kier molecular flexibility index (Phi) is 12.3. The van der Waals surface area contributed by atoms with Crippen molar-refractivity contribution in [2.45, 2.75) is 53.1 Å². The number of hydrogen-bond acceptors (Lipinski definition) is 4. The molecule has 1 aromatic rings. The summed E-state index contributed by atoms with van der Waals surface area (Å²) >= 11 is 0. The van der Waals surface area contributed by atoms with Crippen molar-refractivity contribution in [3.05, 3.63) is 24.4 Å². The Labute approximate surface area is 159 Å². The number of ether oxygens (including phenoxy) is 1. The lowest BCUT2D eigenvalue weighted by Crippen LogP contribution is -2.39. The van der Waals surface area contributed by atoms with Gasteiger partial charge in [-0.15, -0.1) is 0 Å². The number of aromatic nitrogens is 1. The molecule has 1 atom stereocenters. The van der Waals surface area contributed by atoms with E-state index in [4.69, 9.17) is 4.74 Å². The lowest BCUT2D eigenvalue weighted by Gasteiger charge is -2.21. The highest BCUT2D eigenvalue weighted by Gasteiger charge is 2.12. The van der Waals surface area contributed by atoms with Crippen LogP contribution in [0.2, 0.25) is 0 Å². The van der Waals surface area contributed by atoms with Crippen molar-refractivity contribution < 1.29 is 4.74 Å². The monoisotopic (exact) mass is 363 g/mol. The zero-order chi connectivity index (χ0) is 19.0. The number of nitrogens with one attached hydrogen (secondary N) is 3. The quantitative estimate of drug-likeness (QED) is 0.285. The molecular weight excluding hydrogens is 326 g/mol. The molecule has 26 heavy (non-hydrogen) atoms. The number of pyridine rings is 1. The van der Waals surface area contributed by atoms with Gasteiger partial charge in [0.05, 0.1) is 6.10 Å². The summed E-state index contributed by atoms with van der Waals surface area (Å²) in [6.07, 6.45) is 5.21. The van der Waals surface area contributed by atoms with Crippen LogP contribution in [0.1, 0.15) is 47.0 Å². The molecule has 1 aromatic heterocycles. The van der Waals surface area contributed by atoms with Gasteiger partial charge in [0.15, 0.2) is 5.96 Å². The highest BCUT2D eigenvalue weighted by atomic mass is 16.5. The number of nitrogens with zero attached hydrogens (tertiary/aromatic N) is 2. The normalized spacial score (nSPS) is 12.9. The fourth-order valence-corrected chi connectivity index (χ4v) is 2.61. The van der Waals surface area contributed by atoms with Gasteiger partial charge in [0.1, 0.15) is 5.82 Å². The van der Waals surface area contributed by atoms with Gasteiger partial charge in [-0.25, -0.2) is 4.98 Å². The fourth-order valence-electron chi connectivity index (χ4n) is 2.61. The van der Waals surface area contributed by atoms with Crippen LogP contribution in [0.15, 0.2) is 29.4 Å². The van der Waals surface area contributed by atoms with Gasteiger partial charge >= 0.3 is 0 Å². The lowest BCUT2D eigenvalue weighted by molar-refractivity contribution is 0.0258. The molecule has 0 radical (unpaired) electrons. The summed E-state index contributed by atoms with van der Waals surface area (Å²) in [6.45, 7) is 12.8. The minimum Gasteiger partial charge on any atom is -0.378 e. The van der Waals surface area contributed by atoms with Gasteiger partial charge in [0, 0.05) is 39.0 Å². The summed E-state index contributed by atoms with van der Waals surface area (Å²) < 4.78 is 5.79. The van der Waals surface area contributed by atoms with Crippen molar-refractivity contribution in [3.8, 4) is 0 Å². The Morgan fingerprint density at radius 1 is 1.15 bits per heavy atom. The van der Waals surface area contributed by atoms with Crippen LogP contribution in [0.4, 0.5) is 5.82 Å². The first kappa shape index (κ1) is 22.2. The van der Waals surface area contributed by atoms with Crippen molar-refractivity contribution in [1.29, 1.82) is 0 Å². The SMILES string of the molecule is CCNC(=NCCCCNc1ccccn1)NCCC(OCC)C(C)C. The predicted octanol–water partition coefficient (Wildman–Crippen LogP) is 3.28. The van der Waals surface area contributed by atoms with Crippen molar-refractivity contribution in [3.63, 3.8) is 0 Å². The summed E-state index contributed by atoms with van der Waals surface area (Å²) in [6, 6.07) is 5.90. The van der Waals surface area contributed by atoms with Crippen LogP contribution in [0.3, 0.4) is 0 Å². The number of hydrogen-bond donors (Lipinski definition) is 3. The predicted molar refractivity (Wildman–Crippen MR) is 111 cm³/mol. The Hall–Kier alpha value is -1.82. The second kappa shape index (κ2) is 14.4. The molecule has 1 unspecified atom stereocenters. The first-order valence-corrected chi connectivity index (χ1v) is 9.96. The van der Waals surface area contributed by atoms with E-state index in [2.05, 4.69) is 53.6 Å². The maximum absolute atomic E-state index is 5.79. The number of rotatable bonds is 13. The third kappa shape index (κ3) is 10.2. The third-order valence-electron chi connectivity index (χ3n) is 4.02. The van der Waals surface area contributed by atoms with Crippen molar-refractivity contribution >= 4 is 11.8 Å². The van der Waals surface area contributed by atoms with Gasteiger partial charge in [0.25, 0.3) is 0 Å². The molecule has 0 saturated carbocycles. The van der Waals surface area contributed by atoms with Crippen molar-refractivity contribution in [1.82, 2.24) is 15.6 Å². The van der Waals surface area contributed by atoms with Gasteiger partial charge in [-0.05, 0) is 51.2 Å².